The van der Waals surface area contributed by atoms with Gasteiger partial charge in [-0.15, -0.1) is 0 Å². The third-order valence-electron chi connectivity index (χ3n) is 5.53. The first kappa shape index (κ1) is 11.2. The molecule has 18 heavy (non-hydrogen) atoms. The summed E-state index contributed by atoms with van der Waals surface area (Å²) in [6.45, 7) is 0. The number of carbonyl (C=O) groups is 1. The third-order valence-corrected chi connectivity index (χ3v) is 5.53. The van der Waals surface area contributed by atoms with Crippen LogP contribution in [-0.4, -0.2) is 30.4 Å². The van der Waals surface area contributed by atoms with Gasteiger partial charge in [0.1, 0.15) is 0 Å². The van der Waals surface area contributed by atoms with E-state index in [9.17, 15) is 9.90 Å². The molecule has 0 spiro atoms. The molecule has 0 aromatic rings. The highest BCUT2D eigenvalue weighted by Crippen LogP contribution is 2.53. The van der Waals surface area contributed by atoms with Crippen LogP contribution in [0.3, 0.4) is 0 Å². The van der Waals surface area contributed by atoms with Gasteiger partial charge in [0.05, 0.1) is 30.4 Å². The summed E-state index contributed by atoms with van der Waals surface area (Å²) in [7, 11) is 0. The lowest BCUT2D eigenvalue weighted by Crippen LogP contribution is -2.62. The highest BCUT2D eigenvalue weighted by molar-refractivity contribution is 5.74. The third kappa shape index (κ3) is 1.55. The second-order valence-corrected chi connectivity index (χ2v) is 6.56. The quantitative estimate of drug-likeness (QED) is 0.690. The van der Waals surface area contributed by atoms with E-state index in [1.54, 1.807) is 0 Å². The number of rotatable bonds is 3. The lowest BCUT2D eigenvalue weighted by atomic mass is 9.62. The fraction of sp³-hybridized carbons (Fsp3) is 0.929. The highest BCUT2D eigenvalue weighted by atomic mass is 16.6. The molecule has 3 saturated heterocycles. The van der Waals surface area contributed by atoms with Crippen molar-refractivity contribution in [2.45, 2.75) is 69.4 Å². The van der Waals surface area contributed by atoms with Crippen molar-refractivity contribution in [3.05, 3.63) is 0 Å². The van der Waals surface area contributed by atoms with Gasteiger partial charge in [0.15, 0.2) is 0 Å². The number of hydrogen-bond donors (Lipinski definition) is 0. The van der Waals surface area contributed by atoms with Crippen LogP contribution in [-0.2, 0) is 14.3 Å². The standard InChI is InChI=1S/C14H20O4/c15-13(16)14(4-3-9-6-12(14)17-9)7-8-1-2-10-11(5-8)18-10/h8-12H,1-7H2,(H,15,16)/p-1. The molecule has 4 heteroatoms. The van der Waals surface area contributed by atoms with Gasteiger partial charge in [-0.2, -0.15) is 0 Å². The largest absolute Gasteiger partial charge is 0.549 e. The van der Waals surface area contributed by atoms with Crippen LogP contribution in [0.25, 0.3) is 0 Å². The molecule has 5 fully saturated rings. The molecule has 5 rings (SSSR count). The predicted octanol–water partition coefficient (Wildman–Crippen LogP) is 0.632. The number of carboxylic acid groups (broad SMARTS) is 1. The SMILES string of the molecule is O=C([O-])C1(CC2CCC3OC3C2)CCC2CC1O2. The number of carboxylic acids is 1. The normalized spacial score (nSPS) is 53.2. The van der Waals surface area contributed by atoms with E-state index in [2.05, 4.69) is 0 Å². The van der Waals surface area contributed by atoms with E-state index in [0.29, 0.717) is 24.2 Å². The topological polar surface area (TPSA) is 61.9 Å². The number of ether oxygens (including phenoxy) is 2. The van der Waals surface area contributed by atoms with Crippen molar-refractivity contribution in [3.63, 3.8) is 0 Å². The van der Waals surface area contributed by atoms with Crippen LogP contribution in [0.1, 0.15) is 44.9 Å². The Hall–Kier alpha value is -0.610. The average molecular weight is 251 g/mol. The Morgan fingerprint density at radius 2 is 2.00 bits per heavy atom. The Bertz CT molecular complexity index is 373. The molecule has 2 saturated carbocycles. The van der Waals surface area contributed by atoms with E-state index in [0.717, 1.165) is 44.9 Å². The van der Waals surface area contributed by atoms with Crippen LogP contribution in [0.15, 0.2) is 0 Å². The molecule has 6 unspecified atom stereocenters. The van der Waals surface area contributed by atoms with Gasteiger partial charge in [-0.1, -0.05) is 0 Å². The maximum Gasteiger partial charge on any atom is 0.0844 e. The van der Waals surface area contributed by atoms with Crippen molar-refractivity contribution in [1.82, 2.24) is 0 Å². The van der Waals surface area contributed by atoms with Gasteiger partial charge in [-0.05, 0) is 44.4 Å². The minimum Gasteiger partial charge on any atom is -0.549 e. The van der Waals surface area contributed by atoms with Gasteiger partial charge in [-0.3, -0.25) is 0 Å². The van der Waals surface area contributed by atoms with Crippen LogP contribution in [0.4, 0.5) is 0 Å². The Kier molecular flexibility index (Phi) is 2.31. The molecular weight excluding hydrogens is 232 g/mol. The lowest BCUT2D eigenvalue weighted by molar-refractivity contribution is -0.340. The Morgan fingerprint density at radius 3 is 2.61 bits per heavy atom. The number of hydrogen-bond acceptors (Lipinski definition) is 4. The maximum atomic E-state index is 11.7. The molecule has 2 aliphatic carbocycles. The van der Waals surface area contributed by atoms with E-state index in [-0.39, 0.29) is 6.10 Å². The average Bonchev–Trinajstić information content (AvgIpc) is 3.06. The summed E-state index contributed by atoms with van der Waals surface area (Å²) < 4.78 is 11.2. The van der Waals surface area contributed by atoms with E-state index < -0.39 is 11.4 Å². The lowest BCUT2D eigenvalue weighted by Gasteiger charge is -2.56. The van der Waals surface area contributed by atoms with Crippen molar-refractivity contribution in [2.75, 3.05) is 0 Å². The summed E-state index contributed by atoms with van der Waals surface area (Å²) in [6, 6.07) is 0. The minimum atomic E-state index is -0.885. The van der Waals surface area contributed by atoms with Crippen molar-refractivity contribution in [2.24, 2.45) is 11.3 Å². The van der Waals surface area contributed by atoms with E-state index in [1.165, 1.54) is 0 Å². The molecule has 2 bridgehead atoms. The zero-order valence-corrected chi connectivity index (χ0v) is 10.5. The van der Waals surface area contributed by atoms with Crippen molar-refractivity contribution in [1.29, 1.82) is 0 Å². The van der Waals surface area contributed by atoms with Crippen LogP contribution in [0, 0.1) is 11.3 Å². The molecule has 100 valence electrons. The van der Waals surface area contributed by atoms with Gasteiger partial charge >= 0.3 is 0 Å². The van der Waals surface area contributed by atoms with Crippen LogP contribution in [0.5, 0.6) is 0 Å². The van der Waals surface area contributed by atoms with E-state index in [1.807, 2.05) is 0 Å². The Balaban J connectivity index is 1.50. The molecule has 0 aromatic carbocycles. The molecule has 0 radical (unpaired) electrons. The first-order chi connectivity index (χ1) is 8.67. The molecular formula is C14H19O4-. The molecule has 0 aromatic heterocycles. The smallest absolute Gasteiger partial charge is 0.0844 e. The maximum absolute atomic E-state index is 11.7. The van der Waals surface area contributed by atoms with Crippen molar-refractivity contribution >= 4 is 5.97 Å². The molecule has 4 nitrogen and oxygen atoms in total. The van der Waals surface area contributed by atoms with Crippen molar-refractivity contribution < 1.29 is 19.4 Å². The Morgan fingerprint density at radius 1 is 1.17 bits per heavy atom. The Labute approximate surface area is 107 Å². The highest BCUT2D eigenvalue weighted by Gasteiger charge is 2.54. The zero-order chi connectivity index (χ0) is 12.3. The second kappa shape index (κ2) is 3.70. The molecule has 0 N–H and O–H groups in total. The summed E-state index contributed by atoms with van der Waals surface area (Å²) in [4.78, 5) is 11.7. The molecule has 0 amide bonds. The summed E-state index contributed by atoms with van der Waals surface area (Å²) >= 11 is 0. The second-order valence-electron chi connectivity index (χ2n) is 6.56. The molecule has 3 aliphatic heterocycles. The fourth-order valence-electron chi connectivity index (χ4n) is 4.32. The van der Waals surface area contributed by atoms with E-state index >= 15 is 0 Å². The minimum absolute atomic E-state index is 0.0842. The van der Waals surface area contributed by atoms with Gasteiger partial charge in [0, 0.05) is 11.8 Å². The molecule has 5 aliphatic rings. The predicted molar refractivity (Wildman–Crippen MR) is 60.6 cm³/mol. The summed E-state index contributed by atoms with van der Waals surface area (Å²) in [5.41, 5.74) is -0.707. The number of aliphatic carboxylic acids is 1. The van der Waals surface area contributed by atoms with Gasteiger partial charge < -0.3 is 19.4 Å². The number of epoxide rings is 1. The fourth-order valence-corrected chi connectivity index (χ4v) is 4.32. The molecule has 3 heterocycles. The number of fused-ring (bicyclic) bond motifs is 3. The first-order valence-electron chi connectivity index (χ1n) is 7.20. The number of carbonyl (C=O) groups excluding carboxylic acids is 1. The van der Waals surface area contributed by atoms with Crippen LogP contribution >= 0.6 is 0 Å². The molecule has 6 atom stereocenters. The van der Waals surface area contributed by atoms with Crippen molar-refractivity contribution in [3.8, 4) is 0 Å². The first-order valence-corrected chi connectivity index (χ1v) is 7.20. The van der Waals surface area contributed by atoms with Gasteiger partial charge in [0.25, 0.3) is 0 Å². The zero-order valence-electron chi connectivity index (χ0n) is 10.5. The monoisotopic (exact) mass is 251 g/mol. The van der Waals surface area contributed by atoms with Crippen LogP contribution < -0.4 is 5.11 Å². The summed E-state index contributed by atoms with van der Waals surface area (Å²) in [6.07, 6.45) is 7.67. The summed E-state index contributed by atoms with van der Waals surface area (Å²) in [5, 5.41) is 11.7. The van der Waals surface area contributed by atoms with E-state index in [4.69, 9.17) is 9.47 Å². The summed E-state index contributed by atoms with van der Waals surface area (Å²) in [5.74, 6) is -0.406. The van der Waals surface area contributed by atoms with Gasteiger partial charge in [-0.25, -0.2) is 0 Å². The van der Waals surface area contributed by atoms with Crippen LogP contribution in [0.2, 0.25) is 0 Å². The van der Waals surface area contributed by atoms with Gasteiger partial charge in [0.2, 0.25) is 0 Å².